The average molecular weight is 824 g/mol. The van der Waals surface area contributed by atoms with E-state index in [1.165, 1.54) is 96.3 Å². The Morgan fingerprint density at radius 2 is 0.456 bits per heavy atom. The third kappa shape index (κ3) is 54.8. The van der Waals surface area contributed by atoms with Crippen LogP contribution < -0.4 is 0 Å². The van der Waals surface area contributed by atoms with E-state index in [2.05, 4.69) is 16.9 Å². The molecule has 0 N–H and O–H groups in total. The van der Waals surface area contributed by atoms with Crippen LogP contribution in [0.3, 0.4) is 0 Å². The minimum absolute atomic E-state index is 0.329. The van der Waals surface area contributed by atoms with Crippen molar-refractivity contribution in [2.75, 3.05) is 165 Å². The van der Waals surface area contributed by atoms with Crippen LogP contribution in [0.5, 0.6) is 0 Å². The minimum atomic E-state index is 0.329. The number of azide groups is 1. The minimum Gasteiger partial charge on any atom is -0.379 e. The smallest absolute Gasteiger partial charge is 0.0701 e. The normalized spacial score (nSPS) is 11.5. The van der Waals surface area contributed by atoms with E-state index in [0.29, 0.717) is 159 Å². The molecule has 15 nitrogen and oxygen atoms in total. The predicted octanol–water partition coefficient (Wildman–Crippen LogP) is 7.76. The van der Waals surface area contributed by atoms with Crippen LogP contribution in [0.1, 0.15) is 110 Å². The molecule has 0 radical (unpaired) electrons. The van der Waals surface area contributed by atoms with Gasteiger partial charge in [-0.25, -0.2) is 0 Å². The van der Waals surface area contributed by atoms with Crippen LogP contribution >= 0.6 is 0 Å². The van der Waals surface area contributed by atoms with Gasteiger partial charge in [-0.05, 0) is 12.0 Å². The molecular weight excluding hydrogens is 738 g/mol. The van der Waals surface area contributed by atoms with Gasteiger partial charge in [0.25, 0.3) is 0 Å². The molecule has 0 fully saturated rings. The molecule has 0 aromatic rings. The van der Waals surface area contributed by atoms with Crippen molar-refractivity contribution >= 4 is 0 Å². The zero-order chi connectivity index (χ0) is 40.9. The first kappa shape index (κ1) is 55.8. The van der Waals surface area contributed by atoms with Gasteiger partial charge in [-0.2, -0.15) is 0 Å². The van der Waals surface area contributed by atoms with Gasteiger partial charge in [0.05, 0.1) is 152 Å². The summed E-state index contributed by atoms with van der Waals surface area (Å²) in [5, 5.41) is 3.38. The molecule has 0 saturated carbocycles. The van der Waals surface area contributed by atoms with Crippen molar-refractivity contribution in [3.05, 3.63) is 10.4 Å². The maximum atomic E-state index is 8.16. The lowest BCUT2D eigenvalue weighted by molar-refractivity contribution is -0.0283. The van der Waals surface area contributed by atoms with Gasteiger partial charge >= 0.3 is 0 Å². The van der Waals surface area contributed by atoms with Gasteiger partial charge in [0, 0.05) is 18.1 Å². The fourth-order valence-electron chi connectivity index (χ4n) is 5.42. The molecule has 0 aliphatic carbocycles. The standard InChI is InChI=1S/C42H85N3O12/c1-2-3-4-5-6-7-8-9-10-11-12-13-14-15-16-17-19-46-21-23-48-25-27-50-29-31-52-33-35-54-37-39-56-41-42-57-40-38-55-36-34-53-32-30-51-28-26-49-24-22-47-20-18-44-45-43/h2-42H2,1H3. The summed E-state index contributed by atoms with van der Waals surface area (Å²) >= 11 is 0. The van der Waals surface area contributed by atoms with Gasteiger partial charge in [0.2, 0.25) is 0 Å². The summed E-state index contributed by atoms with van der Waals surface area (Å²) in [6.07, 6.45) is 22.2. The number of rotatable bonds is 53. The summed E-state index contributed by atoms with van der Waals surface area (Å²) in [6.45, 7) is 15.3. The maximum Gasteiger partial charge on any atom is 0.0701 e. The number of hydrogen-bond donors (Lipinski definition) is 0. The van der Waals surface area contributed by atoms with E-state index in [1.54, 1.807) is 0 Å². The molecule has 15 heteroatoms. The van der Waals surface area contributed by atoms with Crippen LogP contribution in [0.2, 0.25) is 0 Å². The fraction of sp³-hybridized carbons (Fsp3) is 1.00. The summed E-state index contributed by atoms with van der Waals surface area (Å²) in [6, 6.07) is 0. The molecule has 0 rings (SSSR count). The summed E-state index contributed by atoms with van der Waals surface area (Å²) in [5.41, 5.74) is 8.16. The van der Waals surface area contributed by atoms with E-state index in [0.717, 1.165) is 13.0 Å². The average Bonchev–Trinajstić information content (AvgIpc) is 3.22. The summed E-state index contributed by atoms with van der Waals surface area (Å²) in [5.74, 6) is 0. The number of unbranched alkanes of at least 4 members (excludes halogenated alkanes) is 15. The highest BCUT2D eigenvalue weighted by molar-refractivity contribution is 4.50. The number of ether oxygens (including phenoxy) is 12. The predicted molar refractivity (Wildman–Crippen MR) is 223 cm³/mol. The van der Waals surface area contributed by atoms with E-state index >= 15 is 0 Å². The number of hydrogen-bond acceptors (Lipinski definition) is 13. The zero-order valence-corrected chi connectivity index (χ0v) is 36.2. The Labute approximate surface area is 346 Å². The van der Waals surface area contributed by atoms with Crippen LogP contribution in [0, 0.1) is 0 Å². The van der Waals surface area contributed by atoms with Crippen molar-refractivity contribution in [2.24, 2.45) is 5.11 Å². The highest BCUT2D eigenvalue weighted by Gasteiger charge is 1.98. The molecule has 0 spiro atoms. The monoisotopic (exact) mass is 824 g/mol. The van der Waals surface area contributed by atoms with Crippen molar-refractivity contribution < 1.29 is 56.8 Å². The van der Waals surface area contributed by atoms with Crippen LogP contribution in [0.15, 0.2) is 5.11 Å². The Morgan fingerprint density at radius 1 is 0.263 bits per heavy atom. The highest BCUT2D eigenvalue weighted by Crippen LogP contribution is 2.13. The van der Waals surface area contributed by atoms with Gasteiger partial charge in [0.1, 0.15) is 0 Å². The van der Waals surface area contributed by atoms with Crippen LogP contribution in [-0.4, -0.2) is 165 Å². The molecule has 0 aromatic heterocycles. The van der Waals surface area contributed by atoms with Gasteiger partial charge < -0.3 is 56.8 Å². The largest absolute Gasteiger partial charge is 0.379 e. The summed E-state index contributed by atoms with van der Waals surface area (Å²) in [7, 11) is 0. The first-order chi connectivity index (χ1) is 28.4. The van der Waals surface area contributed by atoms with Crippen molar-refractivity contribution in [1.29, 1.82) is 0 Å². The first-order valence-corrected chi connectivity index (χ1v) is 22.4. The number of nitrogens with zero attached hydrogens (tertiary/aromatic N) is 3. The lowest BCUT2D eigenvalue weighted by Crippen LogP contribution is -2.15. The van der Waals surface area contributed by atoms with Crippen LogP contribution in [-0.2, 0) is 56.8 Å². The molecule has 0 saturated heterocycles. The zero-order valence-electron chi connectivity index (χ0n) is 36.2. The van der Waals surface area contributed by atoms with E-state index in [9.17, 15) is 0 Å². The molecule has 0 atom stereocenters. The Kier molecular flexibility index (Phi) is 53.7. The van der Waals surface area contributed by atoms with Crippen molar-refractivity contribution in [3.8, 4) is 0 Å². The van der Waals surface area contributed by atoms with Gasteiger partial charge in [-0.3, -0.25) is 0 Å². The molecule has 0 unspecified atom stereocenters. The van der Waals surface area contributed by atoms with Crippen molar-refractivity contribution in [3.63, 3.8) is 0 Å². The molecule has 340 valence electrons. The molecule has 0 amide bonds. The summed E-state index contributed by atoms with van der Waals surface area (Å²) < 4.78 is 65.9. The van der Waals surface area contributed by atoms with Gasteiger partial charge in [-0.1, -0.05) is 108 Å². The maximum absolute atomic E-state index is 8.16. The molecule has 0 aliphatic heterocycles. The molecule has 0 heterocycles. The quantitative estimate of drug-likeness (QED) is 0.0254. The SMILES string of the molecule is CCCCCCCCCCCCCCCCCCOCCOCCOCCOCCOCCOCCOCCOCCOCCOCCOCCOCCN=[N+]=[N-]. The lowest BCUT2D eigenvalue weighted by Gasteiger charge is -2.09. The van der Waals surface area contributed by atoms with Crippen molar-refractivity contribution in [1.82, 2.24) is 0 Å². The Balaban J connectivity index is 3.06. The Hall–Kier alpha value is -1.17. The van der Waals surface area contributed by atoms with E-state index in [-0.39, 0.29) is 0 Å². The first-order valence-electron chi connectivity index (χ1n) is 22.4. The topological polar surface area (TPSA) is 160 Å². The van der Waals surface area contributed by atoms with Crippen LogP contribution in [0.25, 0.3) is 10.4 Å². The van der Waals surface area contributed by atoms with E-state index < -0.39 is 0 Å². The van der Waals surface area contributed by atoms with Gasteiger partial charge in [0.15, 0.2) is 0 Å². The molecule has 0 aliphatic rings. The van der Waals surface area contributed by atoms with Gasteiger partial charge in [-0.15, -0.1) is 0 Å². The fourth-order valence-corrected chi connectivity index (χ4v) is 5.42. The Bertz CT molecular complexity index is 772. The molecule has 0 bridgehead atoms. The second-order valence-corrected chi connectivity index (χ2v) is 13.6. The van der Waals surface area contributed by atoms with Crippen LogP contribution in [0.4, 0.5) is 0 Å². The third-order valence-electron chi connectivity index (χ3n) is 8.63. The molecule has 57 heavy (non-hydrogen) atoms. The second kappa shape index (κ2) is 54.8. The van der Waals surface area contributed by atoms with E-state index in [1.807, 2.05) is 0 Å². The van der Waals surface area contributed by atoms with Crippen molar-refractivity contribution in [2.45, 2.75) is 110 Å². The lowest BCUT2D eigenvalue weighted by atomic mass is 10.0. The second-order valence-electron chi connectivity index (χ2n) is 13.6. The Morgan fingerprint density at radius 3 is 0.684 bits per heavy atom. The third-order valence-corrected chi connectivity index (χ3v) is 8.63. The summed E-state index contributed by atoms with van der Waals surface area (Å²) in [4.78, 5) is 2.65. The highest BCUT2D eigenvalue weighted by atomic mass is 16.6. The molecular formula is C42H85N3O12. The van der Waals surface area contributed by atoms with E-state index in [4.69, 9.17) is 62.4 Å². The molecule has 0 aromatic carbocycles.